The minimum absolute atomic E-state index is 0.0171. The zero-order valence-corrected chi connectivity index (χ0v) is 11.9. The number of alkyl halides is 2. The molecule has 0 spiro atoms. The molecule has 1 aliphatic rings. The van der Waals surface area contributed by atoms with Gasteiger partial charge in [0.25, 0.3) is 0 Å². The van der Waals surface area contributed by atoms with Gasteiger partial charge < -0.3 is 10.1 Å². The van der Waals surface area contributed by atoms with E-state index in [1.54, 1.807) is 19.1 Å². The Hall–Kier alpha value is -1.21. The lowest BCUT2D eigenvalue weighted by Crippen LogP contribution is -2.26. The standard InChI is InChI=1S/C13H17F2NO3S/c1-9-6-7-16-12(8-20(9,17)18)10-2-4-11(5-3-10)19-13(14)15/h2-5,9,12-13,16H,6-8H2,1H3. The van der Waals surface area contributed by atoms with Gasteiger partial charge in [-0.15, -0.1) is 0 Å². The molecule has 0 aliphatic carbocycles. The number of nitrogens with one attached hydrogen (secondary N) is 1. The molecule has 0 radical (unpaired) electrons. The van der Waals surface area contributed by atoms with Crippen molar-refractivity contribution in [2.45, 2.75) is 31.2 Å². The summed E-state index contributed by atoms with van der Waals surface area (Å²) in [6.45, 7) is -0.544. The Labute approximate surface area is 117 Å². The van der Waals surface area contributed by atoms with Crippen LogP contribution in [0.2, 0.25) is 0 Å². The maximum atomic E-state index is 12.1. The SMILES string of the molecule is CC1CCNC(c2ccc(OC(F)F)cc2)CS1(=O)=O. The molecule has 1 aliphatic heterocycles. The molecule has 0 amide bonds. The van der Waals surface area contributed by atoms with E-state index in [0.717, 1.165) is 5.56 Å². The summed E-state index contributed by atoms with van der Waals surface area (Å²) in [4.78, 5) is 0. The van der Waals surface area contributed by atoms with Gasteiger partial charge in [0.15, 0.2) is 9.84 Å². The third-order valence-electron chi connectivity index (χ3n) is 3.46. The molecule has 0 aromatic heterocycles. The smallest absolute Gasteiger partial charge is 0.387 e. The van der Waals surface area contributed by atoms with Gasteiger partial charge in [-0.2, -0.15) is 8.78 Å². The number of sulfone groups is 1. The summed E-state index contributed by atoms with van der Waals surface area (Å²) in [5.74, 6) is 0.0806. The van der Waals surface area contributed by atoms with E-state index in [0.29, 0.717) is 13.0 Å². The molecule has 2 atom stereocenters. The van der Waals surface area contributed by atoms with Gasteiger partial charge in [0.2, 0.25) is 0 Å². The second-order valence-electron chi connectivity index (χ2n) is 4.88. The molecular formula is C13H17F2NO3S. The third kappa shape index (κ3) is 3.67. The van der Waals surface area contributed by atoms with Crippen LogP contribution in [-0.2, 0) is 9.84 Å². The molecular weight excluding hydrogens is 288 g/mol. The van der Waals surface area contributed by atoms with Crippen molar-refractivity contribution in [3.8, 4) is 5.75 Å². The largest absolute Gasteiger partial charge is 0.435 e. The molecule has 1 saturated heterocycles. The van der Waals surface area contributed by atoms with Crippen molar-refractivity contribution in [1.82, 2.24) is 5.32 Å². The van der Waals surface area contributed by atoms with E-state index < -0.39 is 16.4 Å². The average molecular weight is 305 g/mol. The molecule has 20 heavy (non-hydrogen) atoms. The molecule has 1 fully saturated rings. The van der Waals surface area contributed by atoms with Gasteiger partial charge in [0, 0.05) is 6.04 Å². The minimum atomic E-state index is -3.14. The first-order chi connectivity index (χ1) is 9.38. The van der Waals surface area contributed by atoms with Crippen molar-refractivity contribution >= 4 is 9.84 Å². The first-order valence-corrected chi connectivity index (χ1v) is 8.10. The van der Waals surface area contributed by atoms with Gasteiger partial charge >= 0.3 is 6.61 Å². The van der Waals surface area contributed by atoms with Crippen molar-refractivity contribution < 1.29 is 21.9 Å². The molecule has 2 rings (SSSR count). The Balaban J connectivity index is 2.14. The van der Waals surface area contributed by atoms with E-state index in [-0.39, 0.29) is 22.8 Å². The molecule has 1 N–H and O–H groups in total. The fraction of sp³-hybridized carbons (Fsp3) is 0.538. The highest BCUT2D eigenvalue weighted by atomic mass is 32.2. The maximum Gasteiger partial charge on any atom is 0.387 e. The van der Waals surface area contributed by atoms with Gasteiger partial charge in [-0.25, -0.2) is 8.42 Å². The maximum absolute atomic E-state index is 12.1. The predicted molar refractivity (Wildman–Crippen MR) is 71.7 cm³/mol. The molecule has 1 aromatic carbocycles. The molecule has 0 saturated carbocycles. The van der Waals surface area contributed by atoms with Crippen molar-refractivity contribution in [3.63, 3.8) is 0 Å². The Bertz CT molecular complexity index is 545. The zero-order valence-electron chi connectivity index (χ0n) is 11.1. The molecule has 4 nitrogen and oxygen atoms in total. The lowest BCUT2D eigenvalue weighted by molar-refractivity contribution is -0.0498. The van der Waals surface area contributed by atoms with Crippen LogP contribution in [0.25, 0.3) is 0 Å². The first kappa shape index (κ1) is 15.2. The highest BCUT2D eigenvalue weighted by Gasteiger charge is 2.29. The summed E-state index contributed by atoms with van der Waals surface area (Å²) in [6, 6.07) is 5.75. The molecule has 1 heterocycles. The van der Waals surface area contributed by atoms with Gasteiger partial charge in [-0.1, -0.05) is 12.1 Å². The number of rotatable bonds is 3. The molecule has 2 unspecified atom stereocenters. The van der Waals surface area contributed by atoms with Crippen LogP contribution in [0.4, 0.5) is 8.78 Å². The number of halogens is 2. The Morgan fingerprint density at radius 1 is 1.30 bits per heavy atom. The number of hydrogen-bond acceptors (Lipinski definition) is 4. The molecule has 0 bridgehead atoms. The van der Waals surface area contributed by atoms with Crippen molar-refractivity contribution in [2.75, 3.05) is 12.3 Å². The highest BCUT2D eigenvalue weighted by Crippen LogP contribution is 2.24. The second-order valence-corrected chi connectivity index (χ2v) is 7.35. The van der Waals surface area contributed by atoms with Crippen molar-refractivity contribution in [1.29, 1.82) is 0 Å². The summed E-state index contributed by atoms with van der Waals surface area (Å²) >= 11 is 0. The number of hydrogen-bond donors (Lipinski definition) is 1. The second kappa shape index (κ2) is 6.05. The van der Waals surface area contributed by atoms with Crippen LogP contribution in [-0.4, -0.2) is 32.6 Å². The minimum Gasteiger partial charge on any atom is -0.435 e. The summed E-state index contributed by atoms with van der Waals surface area (Å²) < 4.78 is 52.5. The van der Waals surface area contributed by atoms with E-state index >= 15 is 0 Å². The number of ether oxygens (including phenoxy) is 1. The topological polar surface area (TPSA) is 55.4 Å². The third-order valence-corrected chi connectivity index (χ3v) is 5.72. The summed E-state index contributed by atoms with van der Waals surface area (Å²) in [5.41, 5.74) is 0.754. The Kier molecular flexibility index (Phi) is 4.59. The van der Waals surface area contributed by atoms with Crippen LogP contribution in [0, 0.1) is 0 Å². The normalized spacial score (nSPS) is 26.2. The van der Waals surface area contributed by atoms with Crippen molar-refractivity contribution in [3.05, 3.63) is 29.8 Å². The zero-order chi connectivity index (χ0) is 14.8. The van der Waals surface area contributed by atoms with Crippen LogP contribution >= 0.6 is 0 Å². The van der Waals surface area contributed by atoms with Crippen LogP contribution < -0.4 is 10.1 Å². The van der Waals surface area contributed by atoms with E-state index in [1.165, 1.54) is 12.1 Å². The van der Waals surface area contributed by atoms with Gasteiger partial charge in [-0.3, -0.25) is 0 Å². The van der Waals surface area contributed by atoms with Crippen LogP contribution in [0.15, 0.2) is 24.3 Å². The monoisotopic (exact) mass is 305 g/mol. The van der Waals surface area contributed by atoms with Gasteiger partial charge in [-0.05, 0) is 37.6 Å². The average Bonchev–Trinajstić information content (AvgIpc) is 2.49. The fourth-order valence-corrected chi connectivity index (χ4v) is 3.77. The van der Waals surface area contributed by atoms with Crippen molar-refractivity contribution in [2.24, 2.45) is 0 Å². The van der Waals surface area contributed by atoms with E-state index in [4.69, 9.17) is 0 Å². The highest BCUT2D eigenvalue weighted by molar-refractivity contribution is 7.92. The lowest BCUT2D eigenvalue weighted by Gasteiger charge is -2.16. The van der Waals surface area contributed by atoms with E-state index in [1.807, 2.05) is 0 Å². The summed E-state index contributed by atoms with van der Waals surface area (Å²) in [6.07, 6.45) is 0.575. The lowest BCUT2D eigenvalue weighted by atomic mass is 10.1. The predicted octanol–water partition coefficient (Wildman–Crippen LogP) is 2.13. The van der Waals surface area contributed by atoms with Crippen LogP contribution in [0.3, 0.4) is 0 Å². The first-order valence-electron chi connectivity index (χ1n) is 6.38. The molecule has 112 valence electrons. The number of benzene rings is 1. The molecule has 1 aromatic rings. The molecule has 7 heteroatoms. The Morgan fingerprint density at radius 3 is 2.55 bits per heavy atom. The fourth-order valence-electron chi connectivity index (χ4n) is 2.19. The van der Waals surface area contributed by atoms with E-state index in [2.05, 4.69) is 10.1 Å². The van der Waals surface area contributed by atoms with E-state index in [9.17, 15) is 17.2 Å². The van der Waals surface area contributed by atoms with Crippen LogP contribution in [0.1, 0.15) is 24.9 Å². The van der Waals surface area contributed by atoms with Gasteiger partial charge in [0.05, 0.1) is 11.0 Å². The van der Waals surface area contributed by atoms with Crippen LogP contribution in [0.5, 0.6) is 5.75 Å². The van der Waals surface area contributed by atoms with Gasteiger partial charge in [0.1, 0.15) is 5.75 Å². The Morgan fingerprint density at radius 2 is 1.95 bits per heavy atom. The quantitative estimate of drug-likeness (QED) is 0.929. The summed E-state index contributed by atoms with van der Waals surface area (Å²) in [5, 5.41) is 2.82. The summed E-state index contributed by atoms with van der Waals surface area (Å²) in [7, 11) is -3.14.